The number of amides is 2. The minimum Gasteiger partial charge on any atom is -0.464 e. The molecule has 1 saturated heterocycles. The Kier molecular flexibility index (Phi) is 6.58. The van der Waals surface area contributed by atoms with Crippen LogP contribution in [0.25, 0.3) is 0 Å². The highest BCUT2D eigenvalue weighted by Crippen LogP contribution is 2.20. The van der Waals surface area contributed by atoms with Crippen LogP contribution in [0.5, 0.6) is 0 Å². The Bertz CT molecular complexity index is 443. The normalized spacial score (nSPS) is 17.4. The molecule has 1 fully saturated rings. The molecule has 21 heavy (non-hydrogen) atoms. The van der Waals surface area contributed by atoms with Crippen molar-refractivity contribution in [2.24, 2.45) is 4.99 Å². The summed E-state index contributed by atoms with van der Waals surface area (Å²) in [6.07, 6.45) is 2.63. The third-order valence-electron chi connectivity index (χ3n) is 3.17. The fourth-order valence-electron chi connectivity index (χ4n) is 2.17. The largest absolute Gasteiger partial charge is 0.464 e. The molecule has 116 valence electrons. The second-order valence-electron chi connectivity index (χ2n) is 4.57. The molecule has 1 heterocycles. The summed E-state index contributed by atoms with van der Waals surface area (Å²) in [5, 5.41) is 2.87. The molecular formula is C14H21N3O4. The third-order valence-corrected chi connectivity index (χ3v) is 3.17. The monoisotopic (exact) mass is 295 g/mol. The van der Waals surface area contributed by atoms with Gasteiger partial charge in [-0.15, -0.1) is 0 Å². The van der Waals surface area contributed by atoms with E-state index in [2.05, 4.69) is 17.0 Å². The number of imide groups is 1. The molecule has 1 aliphatic heterocycles. The Morgan fingerprint density at radius 2 is 2.10 bits per heavy atom. The lowest BCUT2D eigenvalue weighted by Crippen LogP contribution is -2.51. The van der Waals surface area contributed by atoms with Crippen molar-refractivity contribution in [3.63, 3.8) is 0 Å². The first-order chi connectivity index (χ1) is 10.0. The van der Waals surface area contributed by atoms with Crippen molar-refractivity contribution < 1.29 is 19.1 Å². The molecule has 0 aromatic heterocycles. The van der Waals surface area contributed by atoms with E-state index in [1.54, 1.807) is 14.0 Å². The van der Waals surface area contributed by atoms with Crippen molar-refractivity contribution in [3.8, 4) is 0 Å². The summed E-state index contributed by atoms with van der Waals surface area (Å²) in [6, 6.07) is -0.967. The standard InChI is InChI=1S/C14H21N3O4/c1-4-21-14(20)11(8-10(16-3)9-15-2)17-12(18)6-5-7-13(17)19/h9,11,16H,2,4-8H2,1,3H3/b10-9-. The first kappa shape index (κ1) is 16.9. The van der Waals surface area contributed by atoms with Gasteiger partial charge in [-0.2, -0.15) is 0 Å². The maximum absolute atomic E-state index is 12.1. The first-order valence-electron chi connectivity index (χ1n) is 6.89. The predicted octanol–water partition coefficient (Wildman–Crippen LogP) is 0.609. The number of hydrogen-bond donors (Lipinski definition) is 1. The minimum absolute atomic E-state index is 0.131. The Morgan fingerprint density at radius 3 is 2.57 bits per heavy atom. The molecule has 1 rings (SSSR count). The molecule has 0 aromatic rings. The number of likely N-dealkylation sites (tertiary alicyclic amines) is 1. The third kappa shape index (κ3) is 4.40. The van der Waals surface area contributed by atoms with Crippen LogP contribution in [0.15, 0.2) is 16.9 Å². The van der Waals surface area contributed by atoms with Crippen LogP contribution < -0.4 is 5.32 Å². The van der Waals surface area contributed by atoms with Gasteiger partial charge in [-0.3, -0.25) is 19.5 Å². The summed E-state index contributed by atoms with van der Waals surface area (Å²) < 4.78 is 4.99. The molecule has 7 nitrogen and oxygen atoms in total. The van der Waals surface area contributed by atoms with E-state index in [1.807, 2.05) is 0 Å². The highest BCUT2D eigenvalue weighted by molar-refractivity contribution is 6.01. The number of nitrogens with one attached hydrogen (secondary N) is 1. The van der Waals surface area contributed by atoms with E-state index >= 15 is 0 Å². The van der Waals surface area contributed by atoms with Crippen molar-refractivity contribution in [1.29, 1.82) is 0 Å². The Morgan fingerprint density at radius 1 is 1.48 bits per heavy atom. The Labute approximate surface area is 124 Å². The van der Waals surface area contributed by atoms with Crippen LogP contribution in [0.3, 0.4) is 0 Å². The molecule has 0 aromatic carbocycles. The van der Waals surface area contributed by atoms with Crippen LogP contribution in [0.2, 0.25) is 0 Å². The van der Waals surface area contributed by atoms with E-state index < -0.39 is 12.0 Å². The summed E-state index contributed by atoms with van der Waals surface area (Å²) in [6.45, 7) is 5.21. The summed E-state index contributed by atoms with van der Waals surface area (Å²) in [5.74, 6) is -1.27. The van der Waals surface area contributed by atoms with Gasteiger partial charge in [0.05, 0.1) is 6.61 Å². The molecular weight excluding hydrogens is 274 g/mol. The lowest BCUT2D eigenvalue weighted by molar-refractivity contribution is -0.163. The molecule has 1 N–H and O–H groups in total. The molecule has 7 heteroatoms. The molecule has 0 radical (unpaired) electrons. The van der Waals surface area contributed by atoms with E-state index in [9.17, 15) is 14.4 Å². The summed E-state index contributed by atoms with van der Waals surface area (Å²) in [5.41, 5.74) is 0.592. The van der Waals surface area contributed by atoms with Gasteiger partial charge < -0.3 is 10.1 Å². The number of ether oxygens (including phenoxy) is 1. The van der Waals surface area contributed by atoms with E-state index in [4.69, 9.17) is 4.74 Å². The van der Waals surface area contributed by atoms with Gasteiger partial charge in [0.15, 0.2) is 0 Å². The van der Waals surface area contributed by atoms with Gasteiger partial charge in [0, 0.05) is 38.2 Å². The van der Waals surface area contributed by atoms with Crippen molar-refractivity contribution in [1.82, 2.24) is 10.2 Å². The van der Waals surface area contributed by atoms with Gasteiger partial charge in [-0.1, -0.05) is 0 Å². The Hall–Kier alpha value is -2.18. The lowest BCUT2D eigenvalue weighted by Gasteiger charge is -2.31. The van der Waals surface area contributed by atoms with Crippen molar-refractivity contribution in [2.45, 2.75) is 38.6 Å². The summed E-state index contributed by atoms with van der Waals surface area (Å²) in [4.78, 5) is 40.8. The number of carbonyl (C=O) groups excluding carboxylic acids is 3. The van der Waals surface area contributed by atoms with Crippen LogP contribution in [0.1, 0.15) is 32.6 Å². The van der Waals surface area contributed by atoms with E-state index in [-0.39, 0.29) is 37.7 Å². The van der Waals surface area contributed by atoms with Gasteiger partial charge in [-0.05, 0) is 20.1 Å². The van der Waals surface area contributed by atoms with Crippen LogP contribution in [-0.2, 0) is 19.1 Å². The average Bonchev–Trinajstić information content (AvgIpc) is 2.45. The number of piperidine rings is 1. The topological polar surface area (TPSA) is 88.1 Å². The fraction of sp³-hybridized carbons (Fsp3) is 0.571. The van der Waals surface area contributed by atoms with Crippen molar-refractivity contribution >= 4 is 24.5 Å². The number of carbonyl (C=O) groups is 3. The van der Waals surface area contributed by atoms with Gasteiger partial charge in [0.2, 0.25) is 11.8 Å². The summed E-state index contributed by atoms with van der Waals surface area (Å²) in [7, 11) is 1.67. The van der Waals surface area contributed by atoms with E-state index in [0.29, 0.717) is 12.1 Å². The smallest absolute Gasteiger partial charge is 0.329 e. The molecule has 0 aliphatic carbocycles. The SMILES string of the molecule is C=N/C=C(/CC(C(=O)OCC)N1C(=O)CCCC1=O)NC. The maximum Gasteiger partial charge on any atom is 0.329 e. The number of hydrogen-bond acceptors (Lipinski definition) is 6. The van der Waals surface area contributed by atoms with Crippen LogP contribution in [0, 0.1) is 0 Å². The quantitative estimate of drug-likeness (QED) is 0.422. The van der Waals surface area contributed by atoms with Crippen LogP contribution in [-0.4, -0.2) is 49.1 Å². The zero-order valence-electron chi connectivity index (χ0n) is 12.4. The molecule has 0 saturated carbocycles. The number of esters is 1. The van der Waals surface area contributed by atoms with Crippen LogP contribution in [0.4, 0.5) is 0 Å². The molecule has 1 unspecified atom stereocenters. The molecule has 0 spiro atoms. The van der Waals surface area contributed by atoms with Gasteiger partial charge in [-0.25, -0.2) is 4.79 Å². The minimum atomic E-state index is -0.967. The highest BCUT2D eigenvalue weighted by atomic mass is 16.5. The van der Waals surface area contributed by atoms with E-state index in [1.165, 1.54) is 6.20 Å². The van der Waals surface area contributed by atoms with Crippen molar-refractivity contribution in [3.05, 3.63) is 11.9 Å². The molecule has 1 aliphatic rings. The molecule has 1 atom stereocenters. The molecule has 2 amide bonds. The zero-order valence-corrected chi connectivity index (χ0v) is 12.4. The highest BCUT2D eigenvalue weighted by Gasteiger charge is 2.37. The Balaban J connectivity index is 3.03. The molecule has 0 bridgehead atoms. The first-order valence-corrected chi connectivity index (χ1v) is 6.89. The van der Waals surface area contributed by atoms with E-state index in [0.717, 1.165) is 4.90 Å². The lowest BCUT2D eigenvalue weighted by atomic mass is 10.0. The number of nitrogens with zero attached hydrogens (tertiary/aromatic N) is 2. The second-order valence-corrected chi connectivity index (χ2v) is 4.57. The zero-order chi connectivity index (χ0) is 15.8. The fourth-order valence-corrected chi connectivity index (χ4v) is 2.17. The van der Waals surface area contributed by atoms with Crippen LogP contribution >= 0.6 is 0 Å². The number of aliphatic imine (C=N–C) groups is 1. The van der Waals surface area contributed by atoms with Gasteiger partial charge >= 0.3 is 5.97 Å². The maximum atomic E-state index is 12.1. The van der Waals surface area contributed by atoms with Gasteiger partial charge in [0.25, 0.3) is 0 Å². The van der Waals surface area contributed by atoms with Crippen molar-refractivity contribution in [2.75, 3.05) is 13.7 Å². The second kappa shape index (κ2) is 8.18. The summed E-state index contributed by atoms with van der Waals surface area (Å²) >= 11 is 0. The number of rotatable bonds is 7. The predicted molar refractivity (Wildman–Crippen MR) is 77.4 cm³/mol. The average molecular weight is 295 g/mol. The van der Waals surface area contributed by atoms with Gasteiger partial charge in [0.1, 0.15) is 6.04 Å².